The predicted octanol–water partition coefficient (Wildman–Crippen LogP) is 6.40. The summed E-state index contributed by atoms with van der Waals surface area (Å²) in [5.41, 5.74) is -2.29. The van der Waals surface area contributed by atoms with Gasteiger partial charge >= 0.3 is 6.18 Å². The van der Waals surface area contributed by atoms with Gasteiger partial charge in [0.25, 0.3) is 0 Å². The minimum atomic E-state index is -5.04. The molecule has 2 aliphatic carbocycles. The lowest BCUT2D eigenvalue weighted by Gasteiger charge is -2.45. The number of hydrogen-bond donors (Lipinski definition) is 1. The van der Waals surface area contributed by atoms with Crippen LogP contribution in [0.3, 0.4) is 0 Å². The van der Waals surface area contributed by atoms with Crippen LogP contribution in [0.4, 0.5) is 22.0 Å². The van der Waals surface area contributed by atoms with Crippen molar-refractivity contribution in [3.8, 4) is 0 Å². The maximum Gasteiger partial charge on any atom is 0.426 e. The number of amides is 1. The van der Waals surface area contributed by atoms with E-state index in [1.54, 1.807) is 12.1 Å². The molecule has 0 aromatic heterocycles. The molecule has 3 aliphatic rings. The molecule has 0 spiro atoms. The topological polar surface area (TPSA) is 40.5 Å². The molecular weight excluding hydrogens is 501 g/mol. The summed E-state index contributed by atoms with van der Waals surface area (Å²) in [6, 6.07) is 10.2. The van der Waals surface area contributed by atoms with E-state index in [0.717, 1.165) is 11.1 Å². The number of nitrogens with zero attached hydrogens (tertiary/aromatic N) is 1. The smallest absolute Gasteiger partial charge is 0.393 e. The third kappa shape index (κ3) is 4.52. The van der Waals surface area contributed by atoms with Crippen molar-refractivity contribution in [2.75, 3.05) is 6.54 Å². The van der Waals surface area contributed by atoms with Crippen LogP contribution in [0, 0.1) is 17.7 Å². The SMILES string of the molecule is C[C@H]1CC(O)CC[C@H]1C(=O)N1CCC2(Cc3cccc(F)c3)c3ccc(C(C)(F)C(F)(F)F)cc3CCC12. The zero-order valence-corrected chi connectivity index (χ0v) is 21.7. The van der Waals surface area contributed by atoms with Gasteiger partial charge in [-0.05, 0) is 92.2 Å². The number of alkyl halides is 4. The fraction of sp³-hybridized carbons (Fsp3) is 0.567. The van der Waals surface area contributed by atoms with E-state index in [-0.39, 0.29) is 29.6 Å². The molecule has 0 radical (unpaired) electrons. The van der Waals surface area contributed by atoms with Gasteiger partial charge in [-0.2, -0.15) is 13.2 Å². The van der Waals surface area contributed by atoms with Gasteiger partial charge in [0.05, 0.1) is 6.10 Å². The number of halogens is 5. The Bertz CT molecular complexity index is 1210. The van der Waals surface area contributed by atoms with Gasteiger partial charge in [-0.25, -0.2) is 8.78 Å². The van der Waals surface area contributed by atoms with Gasteiger partial charge in [-0.1, -0.05) is 37.3 Å². The van der Waals surface area contributed by atoms with Crippen LogP contribution in [0.5, 0.6) is 0 Å². The molecule has 1 saturated heterocycles. The lowest BCUT2D eigenvalue weighted by atomic mass is 9.63. The van der Waals surface area contributed by atoms with Gasteiger partial charge in [0.1, 0.15) is 5.82 Å². The standard InChI is InChI=1S/C30H34F5NO2/c1-18-14-23(37)8-9-24(18)27(38)36-13-12-29(17-19-4-3-5-22(31)15-19)25-10-7-21(28(2,32)30(33,34)35)16-20(25)6-11-26(29)36/h3-5,7,10,15-16,18,23-24,26,37H,6,8-9,11-14,17H2,1-2H3/t18-,23?,24+,26?,28?,29?/m0/s1. The number of carbonyl (C=O) groups excluding carboxylic acids is 1. The highest BCUT2D eigenvalue weighted by molar-refractivity contribution is 5.80. The van der Waals surface area contributed by atoms with E-state index in [0.29, 0.717) is 64.0 Å². The fourth-order valence-electron chi connectivity index (χ4n) is 7.25. The highest BCUT2D eigenvalue weighted by Crippen LogP contribution is 2.51. The van der Waals surface area contributed by atoms with Crippen molar-refractivity contribution in [2.24, 2.45) is 11.8 Å². The zero-order chi connectivity index (χ0) is 27.5. The Balaban J connectivity index is 1.54. The van der Waals surface area contributed by atoms with Crippen LogP contribution in [0.2, 0.25) is 0 Å². The molecule has 38 heavy (non-hydrogen) atoms. The van der Waals surface area contributed by atoms with Gasteiger partial charge < -0.3 is 10.0 Å². The van der Waals surface area contributed by atoms with Crippen molar-refractivity contribution in [3.05, 3.63) is 70.5 Å². The lowest BCUT2D eigenvalue weighted by Crippen LogP contribution is -2.51. The summed E-state index contributed by atoms with van der Waals surface area (Å²) in [5.74, 6) is -0.455. The van der Waals surface area contributed by atoms with E-state index in [9.17, 15) is 31.9 Å². The van der Waals surface area contributed by atoms with E-state index in [4.69, 9.17) is 0 Å². The molecule has 6 atom stereocenters. The fourth-order valence-corrected chi connectivity index (χ4v) is 7.25. The van der Waals surface area contributed by atoms with Gasteiger partial charge in [0.2, 0.25) is 11.6 Å². The molecule has 5 rings (SSSR count). The Kier molecular flexibility index (Phi) is 6.86. The summed E-state index contributed by atoms with van der Waals surface area (Å²) in [5, 5.41) is 10.0. The third-order valence-corrected chi connectivity index (χ3v) is 9.37. The van der Waals surface area contributed by atoms with Crippen LogP contribution in [0.25, 0.3) is 0 Å². The van der Waals surface area contributed by atoms with Crippen LogP contribution < -0.4 is 0 Å². The average molecular weight is 536 g/mol. The summed E-state index contributed by atoms with van der Waals surface area (Å²) < 4.78 is 69.4. The number of likely N-dealkylation sites (tertiary alicyclic amines) is 1. The molecule has 3 nitrogen and oxygen atoms in total. The predicted molar refractivity (Wildman–Crippen MR) is 134 cm³/mol. The third-order valence-electron chi connectivity index (χ3n) is 9.37. The number of benzene rings is 2. The van der Waals surface area contributed by atoms with Crippen LogP contribution in [0.1, 0.15) is 68.2 Å². The quantitative estimate of drug-likeness (QED) is 0.461. The number of aliphatic hydroxyl groups is 1. The molecule has 2 aromatic carbocycles. The molecule has 8 heteroatoms. The second-order valence-electron chi connectivity index (χ2n) is 11.7. The molecule has 2 fully saturated rings. The minimum absolute atomic E-state index is 0.0486. The first kappa shape index (κ1) is 27.1. The number of carbonyl (C=O) groups is 1. The minimum Gasteiger partial charge on any atom is -0.393 e. The van der Waals surface area contributed by atoms with E-state index >= 15 is 0 Å². The highest BCUT2D eigenvalue weighted by atomic mass is 19.4. The maximum atomic E-state index is 14.9. The first-order valence-corrected chi connectivity index (χ1v) is 13.5. The molecular formula is C30H34F5NO2. The summed E-state index contributed by atoms with van der Waals surface area (Å²) in [6.45, 7) is 3.03. The Hall–Kier alpha value is -2.48. The second-order valence-corrected chi connectivity index (χ2v) is 11.7. The first-order valence-electron chi connectivity index (χ1n) is 13.5. The van der Waals surface area contributed by atoms with Gasteiger partial charge in [-0.3, -0.25) is 4.79 Å². The molecule has 1 N–H and O–H groups in total. The molecule has 1 heterocycles. The largest absolute Gasteiger partial charge is 0.426 e. The molecule has 1 aliphatic heterocycles. The van der Waals surface area contributed by atoms with E-state index in [2.05, 4.69) is 0 Å². The van der Waals surface area contributed by atoms with Gasteiger partial charge in [-0.15, -0.1) is 0 Å². The number of hydrogen-bond acceptors (Lipinski definition) is 2. The van der Waals surface area contributed by atoms with E-state index in [1.165, 1.54) is 24.3 Å². The molecule has 4 unspecified atom stereocenters. The summed E-state index contributed by atoms with van der Waals surface area (Å²) >= 11 is 0. The summed E-state index contributed by atoms with van der Waals surface area (Å²) in [6.07, 6.45) is -1.68. The molecule has 0 bridgehead atoms. The number of rotatable bonds is 4. The van der Waals surface area contributed by atoms with Crippen molar-refractivity contribution < 1.29 is 31.9 Å². The Morgan fingerprint density at radius 2 is 1.87 bits per heavy atom. The normalized spacial score (nSPS) is 30.9. The Morgan fingerprint density at radius 3 is 2.55 bits per heavy atom. The van der Waals surface area contributed by atoms with Crippen molar-refractivity contribution in [1.82, 2.24) is 4.90 Å². The molecule has 206 valence electrons. The Morgan fingerprint density at radius 1 is 1.11 bits per heavy atom. The van der Waals surface area contributed by atoms with Crippen molar-refractivity contribution >= 4 is 5.91 Å². The number of aryl methyl sites for hydroxylation is 1. The van der Waals surface area contributed by atoms with E-state index < -0.39 is 28.9 Å². The molecule has 1 amide bonds. The van der Waals surface area contributed by atoms with Gasteiger partial charge in [0.15, 0.2) is 0 Å². The zero-order valence-electron chi connectivity index (χ0n) is 21.7. The van der Waals surface area contributed by atoms with E-state index in [1.807, 2.05) is 17.9 Å². The summed E-state index contributed by atoms with van der Waals surface area (Å²) in [7, 11) is 0. The van der Waals surface area contributed by atoms with Crippen molar-refractivity contribution in [2.45, 2.75) is 88.2 Å². The van der Waals surface area contributed by atoms with Crippen LogP contribution in [0.15, 0.2) is 42.5 Å². The number of aliphatic hydroxyl groups excluding tert-OH is 1. The highest BCUT2D eigenvalue weighted by Gasteiger charge is 2.56. The van der Waals surface area contributed by atoms with Crippen LogP contribution in [-0.2, 0) is 28.7 Å². The first-order chi connectivity index (χ1) is 17.8. The second kappa shape index (κ2) is 9.61. The summed E-state index contributed by atoms with van der Waals surface area (Å²) in [4.78, 5) is 15.8. The monoisotopic (exact) mass is 535 g/mol. The van der Waals surface area contributed by atoms with Crippen molar-refractivity contribution in [3.63, 3.8) is 0 Å². The Labute approximate surface area is 220 Å². The average Bonchev–Trinajstić information content (AvgIpc) is 3.22. The van der Waals surface area contributed by atoms with Crippen LogP contribution in [-0.4, -0.2) is 40.8 Å². The van der Waals surface area contributed by atoms with Crippen molar-refractivity contribution in [1.29, 1.82) is 0 Å². The van der Waals surface area contributed by atoms with Crippen LogP contribution >= 0.6 is 0 Å². The van der Waals surface area contributed by atoms with Gasteiger partial charge in [0, 0.05) is 23.9 Å². The lowest BCUT2D eigenvalue weighted by molar-refractivity contribution is -0.228. The number of fused-ring (bicyclic) bond motifs is 3. The maximum absolute atomic E-state index is 14.9. The molecule has 2 aromatic rings. The molecule has 1 saturated carbocycles.